The standard InChI is InChI=1S/C23H28N2O4/c1-17(2)19-5-7-20(8-6-19)28-14-15-29-22-16-18(4-9-21(22)27-3)11-13-25-23(26)10-12-24/h4-9,16-17H,10-11,13-15H2,1-3H3,(H,25,26). The lowest BCUT2D eigenvalue weighted by atomic mass is 10.0. The Morgan fingerprint density at radius 1 is 1.07 bits per heavy atom. The summed E-state index contributed by atoms with van der Waals surface area (Å²) in [5.41, 5.74) is 2.28. The molecule has 0 aliphatic heterocycles. The largest absolute Gasteiger partial charge is 0.493 e. The maximum atomic E-state index is 11.4. The highest BCUT2D eigenvalue weighted by Crippen LogP contribution is 2.28. The Bertz CT molecular complexity index is 826. The van der Waals surface area contributed by atoms with Gasteiger partial charge >= 0.3 is 0 Å². The van der Waals surface area contributed by atoms with E-state index in [9.17, 15) is 4.79 Å². The van der Waals surface area contributed by atoms with Crippen LogP contribution in [-0.2, 0) is 11.2 Å². The Labute approximate surface area is 172 Å². The molecule has 0 bridgehead atoms. The van der Waals surface area contributed by atoms with E-state index in [0.29, 0.717) is 43.6 Å². The summed E-state index contributed by atoms with van der Waals surface area (Å²) < 4.78 is 16.9. The average Bonchev–Trinajstić information content (AvgIpc) is 2.72. The lowest BCUT2D eigenvalue weighted by molar-refractivity contribution is -0.120. The molecule has 2 rings (SSSR count). The Morgan fingerprint density at radius 2 is 1.79 bits per heavy atom. The molecule has 0 aliphatic carbocycles. The molecule has 0 aliphatic rings. The number of hydrogen-bond acceptors (Lipinski definition) is 5. The second kappa shape index (κ2) is 11.6. The predicted molar refractivity (Wildman–Crippen MR) is 111 cm³/mol. The van der Waals surface area contributed by atoms with E-state index < -0.39 is 0 Å². The summed E-state index contributed by atoms with van der Waals surface area (Å²) in [7, 11) is 1.59. The summed E-state index contributed by atoms with van der Waals surface area (Å²) in [5, 5.41) is 11.2. The second-order valence-electron chi connectivity index (χ2n) is 6.84. The molecule has 0 spiro atoms. The SMILES string of the molecule is COc1ccc(CCNC(=O)CC#N)cc1OCCOc1ccc(C(C)C)cc1. The first-order chi connectivity index (χ1) is 14.0. The molecule has 0 radical (unpaired) electrons. The number of nitriles is 1. The first-order valence-corrected chi connectivity index (χ1v) is 9.69. The molecule has 2 aromatic carbocycles. The summed E-state index contributed by atoms with van der Waals surface area (Å²) in [6.07, 6.45) is 0.507. The van der Waals surface area contributed by atoms with Crippen molar-refractivity contribution >= 4 is 5.91 Å². The molecular weight excluding hydrogens is 368 g/mol. The van der Waals surface area contributed by atoms with Crippen molar-refractivity contribution in [2.75, 3.05) is 26.9 Å². The highest BCUT2D eigenvalue weighted by atomic mass is 16.5. The number of ether oxygens (including phenoxy) is 3. The summed E-state index contributed by atoms with van der Waals surface area (Å²) >= 11 is 0. The van der Waals surface area contributed by atoms with Gasteiger partial charge in [0.25, 0.3) is 0 Å². The monoisotopic (exact) mass is 396 g/mol. The number of methoxy groups -OCH3 is 1. The van der Waals surface area contributed by atoms with Gasteiger partial charge in [0.2, 0.25) is 5.91 Å². The predicted octanol–water partition coefficient (Wildman–Crippen LogP) is 3.85. The lowest BCUT2D eigenvalue weighted by Crippen LogP contribution is -2.24. The number of nitrogens with zero attached hydrogens (tertiary/aromatic N) is 1. The molecule has 0 atom stereocenters. The molecule has 0 saturated carbocycles. The zero-order valence-corrected chi connectivity index (χ0v) is 17.2. The normalized spacial score (nSPS) is 10.3. The van der Waals surface area contributed by atoms with Gasteiger partial charge in [-0.15, -0.1) is 0 Å². The van der Waals surface area contributed by atoms with Crippen LogP contribution in [0.25, 0.3) is 0 Å². The van der Waals surface area contributed by atoms with Crippen LogP contribution in [0.3, 0.4) is 0 Å². The van der Waals surface area contributed by atoms with Gasteiger partial charge < -0.3 is 19.5 Å². The van der Waals surface area contributed by atoms with Gasteiger partial charge in [-0.1, -0.05) is 32.0 Å². The van der Waals surface area contributed by atoms with E-state index in [4.69, 9.17) is 19.5 Å². The van der Waals surface area contributed by atoms with Gasteiger partial charge in [0.15, 0.2) is 11.5 Å². The fourth-order valence-electron chi connectivity index (χ4n) is 2.73. The minimum absolute atomic E-state index is 0.128. The second-order valence-corrected chi connectivity index (χ2v) is 6.84. The van der Waals surface area contributed by atoms with E-state index in [1.54, 1.807) is 7.11 Å². The van der Waals surface area contributed by atoms with Crippen molar-refractivity contribution in [3.8, 4) is 23.3 Å². The summed E-state index contributed by atoms with van der Waals surface area (Å²) in [5.74, 6) is 2.31. The fraction of sp³-hybridized carbons (Fsp3) is 0.391. The smallest absolute Gasteiger partial charge is 0.234 e. The van der Waals surface area contributed by atoms with Crippen molar-refractivity contribution in [1.29, 1.82) is 5.26 Å². The molecular formula is C23H28N2O4. The lowest BCUT2D eigenvalue weighted by Gasteiger charge is -2.13. The van der Waals surface area contributed by atoms with E-state index in [1.165, 1.54) is 5.56 Å². The molecule has 2 aromatic rings. The zero-order chi connectivity index (χ0) is 21.1. The molecule has 6 nitrogen and oxygen atoms in total. The van der Waals surface area contributed by atoms with Crippen LogP contribution >= 0.6 is 0 Å². The van der Waals surface area contributed by atoms with Crippen molar-refractivity contribution < 1.29 is 19.0 Å². The number of carbonyl (C=O) groups is 1. The topological polar surface area (TPSA) is 80.6 Å². The highest BCUT2D eigenvalue weighted by Gasteiger charge is 2.07. The van der Waals surface area contributed by atoms with Gasteiger partial charge in [-0.05, 0) is 47.7 Å². The maximum Gasteiger partial charge on any atom is 0.234 e. The summed E-state index contributed by atoms with van der Waals surface area (Å²) in [4.78, 5) is 11.4. The zero-order valence-electron chi connectivity index (χ0n) is 17.2. The van der Waals surface area contributed by atoms with Gasteiger partial charge in [0.05, 0.1) is 13.2 Å². The van der Waals surface area contributed by atoms with Crippen LogP contribution in [0.4, 0.5) is 0 Å². The molecule has 0 fully saturated rings. The van der Waals surface area contributed by atoms with E-state index >= 15 is 0 Å². The molecule has 0 heterocycles. The van der Waals surface area contributed by atoms with E-state index in [2.05, 4.69) is 31.3 Å². The maximum absolute atomic E-state index is 11.4. The van der Waals surface area contributed by atoms with E-state index in [-0.39, 0.29) is 12.3 Å². The third-order valence-electron chi connectivity index (χ3n) is 4.36. The molecule has 1 N–H and O–H groups in total. The number of amides is 1. The van der Waals surface area contributed by atoms with E-state index in [0.717, 1.165) is 11.3 Å². The van der Waals surface area contributed by atoms with E-state index in [1.807, 2.05) is 36.4 Å². The molecule has 154 valence electrons. The number of rotatable bonds is 11. The summed E-state index contributed by atoms with van der Waals surface area (Å²) in [6.45, 7) is 5.57. The minimum Gasteiger partial charge on any atom is -0.493 e. The van der Waals surface area contributed by atoms with Crippen LogP contribution < -0.4 is 19.5 Å². The van der Waals surface area contributed by atoms with Crippen molar-refractivity contribution in [2.24, 2.45) is 0 Å². The molecule has 0 unspecified atom stereocenters. The molecule has 0 saturated heterocycles. The van der Waals surface area contributed by atoms with Crippen LogP contribution in [0.1, 0.15) is 37.3 Å². The first-order valence-electron chi connectivity index (χ1n) is 9.69. The van der Waals surface area contributed by atoms with Crippen LogP contribution in [-0.4, -0.2) is 32.8 Å². The number of benzene rings is 2. The fourth-order valence-corrected chi connectivity index (χ4v) is 2.73. The Morgan fingerprint density at radius 3 is 2.45 bits per heavy atom. The van der Waals surface area contributed by atoms with Gasteiger partial charge in [0.1, 0.15) is 25.4 Å². The van der Waals surface area contributed by atoms with Crippen molar-refractivity contribution in [3.05, 3.63) is 53.6 Å². The molecule has 0 aromatic heterocycles. The Hall–Kier alpha value is -3.20. The third kappa shape index (κ3) is 7.38. The van der Waals surface area contributed by atoms with Crippen LogP contribution in [0.5, 0.6) is 17.2 Å². The molecule has 1 amide bonds. The number of nitrogens with one attached hydrogen (secondary N) is 1. The quantitative estimate of drug-likeness (QED) is 0.584. The van der Waals surface area contributed by atoms with Crippen LogP contribution in [0.15, 0.2) is 42.5 Å². The highest BCUT2D eigenvalue weighted by molar-refractivity contribution is 5.77. The molecule has 29 heavy (non-hydrogen) atoms. The van der Waals surface area contributed by atoms with Gasteiger partial charge in [-0.2, -0.15) is 5.26 Å². The van der Waals surface area contributed by atoms with Crippen molar-refractivity contribution in [1.82, 2.24) is 5.32 Å². The molecule has 6 heteroatoms. The van der Waals surface area contributed by atoms with Gasteiger partial charge in [-0.3, -0.25) is 4.79 Å². The average molecular weight is 396 g/mol. The Balaban J connectivity index is 1.83. The van der Waals surface area contributed by atoms with Crippen molar-refractivity contribution in [2.45, 2.75) is 32.6 Å². The number of carbonyl (C=O) groups excluding carboxylic acids is 1. The van der Waals surface area contributed by atoms with Gasteiger partial charge in [-0.25, -0.2) is 0 Å². The summed E-state index contributed by atoms with van der Waals surface area (Å²) in [6, 6.07) is 15.6. The van der Waals surface area contributed by atoms with Crippen LogP contribution in [0, 0.1) is 11.3 Å². The van der Waals surface area contributed by atoms with Crippen LogP contribution in [0.2, 0.25) is 0 Å². The van der Waals surface area contributed by atoms with Crippen molar-refractivity contribution in [3.63, 3.8) is 0 Å². The van der Waals surface area contributed by atoms with Gasteiger partial charge in [0, 0.05) is 6.54 Å². The third-order valence-corrected chi connectivity index (χ3v) is 4.36. The minimum atomic E-state index is -0.268. The first kappa shape index (κ1) is 22.1. The Kier molecular flexibility index (Phi) is 8.84. The number of hydrogen-bond donors (Lipinski definition) is 1.